The maximum atomic E-state index is 12.9. The minimum Gasteiger partial charge on any atom is -0.490 e. The van der Waals surface area contributed by atoms with Crippen LogP contribution in [0.5, 0.6) is 11.5 Å². The van der Waals surface area contributed by atoms with Crippen molar-refractivity contribution in [2.24, 2.45) is 0 Å². The second-order valence-corrected chi connectivity index (χ2v) is 10.6. The number of benzene rings is 2. The summed E-state index contributed by atoms with van der Waals surface area (Å²) < 4.78 is 11.5. The van der Waals surface area contributed by atoms with Crippen molar-refractivity contribution in [1.29, 1.82) is 0 Å². The first-order chi connectivity index (χ1) is 18.8. The van der Waals surface area contributed by atoms with E-state index in [9.17, 15) is 19.2 Å². The molecule has 0 atom stereocenters. The number of anilines is 1. The summed E-state index contributed by atoms with van der Waals surface area (Å²) in [5.74, 6) is 0.0380. The zero-order valence-electron chi connectivity index (χ0n) is 22.4. The minimum atomic E-state index is -0.491. The van der Waals surface area contributed by atoms with Gasteiger partial charge in [0.05, 0.1) is 11.5 Å². The number of hydrogen-bond donors (Lipinski definition) is 1. The van der Waals surface area contributed by atoms with Gasteiger partial charge >= 0.3 is 0 Å². The molecule has 0 saturated carbocycles. The summed E-state index contributed by atoms with van der Waals surface area (Å²) >= 11 is 0.805. The zero-order chi connectivity index (χ0) is 27.9. The van der Waals surface area contributed by atoms with Gasteiger partial charge < -0.3 is 19.7 Å². The molecule has 2 saturated heterocycles. The first-order valence-corrected chi connectivity index (χ1v) is 13.9. The molecule has 4 rings (SSSR count). The molecule has 0 bridgehead atoms. The third-order valence-electron chi connectivity index (χ3n) is 6.41. The Hall–Kier alpha value is -3.79. The summed E-state index contributed by atoms with van der Waals surface area (Å²) in [5, 5.41) is 2.44. The van der Waals surface area contributed by atoms with E-state index in [2.05, 4.69) is 19.2 Å². The lowest BCUT2D eigenvalue weighted by atomic mass is 10.0. The summed E-state index contributed by atoms with van der Waals surface area (Å²) in [5.41, 5.74) is 2.41. The first-order valence-electron chi connectivity index (χ1n) is 13.1. The molecule has 206 valence electrons. The molecule has 2 fully saturated rings. The van der Waals surface area contributed by atoms with E-state index < -0.39 is 11.1 Å². The Labute approximate surface area is 232 Å². The Morgan fingerprint density at radius 2 is 1.79 bits per heavy atom. The van der Waals surface area contributed by atoms with E-state index in [0.717, 1.165) is 40.8 Å². The molecule has 2 heterocycles. The Balaban J connectivity index is 1.42. The largest absolute Gasteiger partial charge is 0.490 e. The predicted molar refractivity (Wildman–Crippen MR) is 151 cm³/mol. The van der Waals surface area contributed by atoms with Crippen molar-refractivity contribution in [1.82, 2.24) is 9.80 Å². The van der Waals surface area contributed by atoms with E-state index in [1.165, 1.54) is 0 Å². The summed E-state index contributed by atoms with van der Waals surface area (Å²) in [6, 6.07) is 12.7. The molecule has 2 aliphatic rings. The van der Waals surface area contributed by atoms with Gasteiger partial charge in [-0.15, -0.1) is 0 Å². The van der Waals surface area contributed by atoms with Gasteiger partial charge in [0.1, 0.15) is 6.54 Å². The molecule has 0 aliphatic carbocycles. The molecule has 9 nitrogen and oxygen atoms in total. The number of likely N-dealkylation sites (tertiary alicyclic amines) is 1. The number of amides is 4. The van der Waals surface area contributed by atoms with E-state index in [4.69, 9.17) is 9.47 Å². The second-order valence-electron chi connectivity index (χ2n) is 9.57. The number of imide groups is 1. The predicted octanol–water partition coefficient (Wildman–Crippen LogP) is 4.88. The Morgan fingerprint density at radius 1 is 1.05 bits per heavy atom. The fraction of sp³-hybridized carbons (Fsp3) is 0.379. The number of nitrogens with one attached hydrogen (secondary N) is 1. The first kappa shape index (κ1) is 28.2. The van der Waals surface area contributed by atoms with Crippen LogP contribution >= 0.6 is 11.8 Å². The Morgan fingerprint density at radius 3 is 2.51 bits per heavy atom. The molecule has 0 unspecified atom stereocenters. The van der Waals surface area contributed by atoms with Crippen LogP contribution in [0, 0.1) is 0 Å². The maximum Gasteiger partial charge on any atom is 0.294 e. The summed E-state index contributed by atoms with van der Waals surface area (Å²) in [6.45, 7) is 7.17. The molecule has 2 aromatic rings. The van der Waals surface area contributed by atoms with Crippen LogP contribution in [0.15, 0.2) is 47.4 Å². The molecule has 0 aromatic heterocycles. The minimum absolute atomic E-state index is 0.213. The molecule has 2 aromatic carbocycles. The van der Waals surface area contributed by atoms with Crippen molar-refractivity contribution < 1.29 is 28.7 Å². The highest BCUT2D eigenvalue weighted by molar-refractivity contribution is 8.18. The average molecular weight is 552 g/mol. The van der Waals surface area contributed by atoms with Crippen molar-refractivity contribution >= 4 is 46.5 Å². The topological polar surface area (TPSA) is 105 Å². The third-order valence-corrected chi connectivity index (χ3v) is 7.31. The maximum absolute atomic E-state index is 12.9. The second kappa shape index (κ2) is 12.8. The average Bonchev–Trinajstić information content (AvgIpc) is 3.54. The van der Waals surface area contributed by atoms with E-state index in [-0.39, 0.29) is 35.8 Å². The van der Waals surface area contributed by atoms with Gasteiger partial charge in [0, 0.05) is 18.8 Å². The normalized spacial score (nSPS) is 16.4. The molecule has 10 heteroatoms. The van der Waals surface area contributed by atoms with Gasteiger partial charge in [-0.2, -0.15) is 0 Å². The standard InChI is InChI=1S/C29H33N3O6S/c1-4-37-24-15-20(16-25-28(35)32(29(36)39-25)17-27(34)31-13-7-8-14-31)11-12-23(24)38-18-26(33)30-22-10-6-5-9-21(22)19(2)3/h5-6,9-12,15-16,19H,4,7-8,13-14,17-18H2,1-3H3,(H,30,33)/b25-16+. The van der Waals surface area contributed by atoms with Crippen LogP contribution in [0.1, 0.15) is 50.7 Å². The summed E-state index contributed by atoms with van der Waals surface area (Å²) in [4.78, 5) is 53.3. The summed E-state index contributed by atoms with van der Waals surface area (Å²) in [7, 11) is 0. The molecule has 4 amide bonds. The highest BCUT2D eigenvalue weighted by Gasteiger charge is 2.37. The van der Waals surface area contributed by atoms with Gasteiger partial charge in [0.2, 0.25) is 5.91 Å². The number of thioether (sulfide) groups is 1. The number of rotatable bonds is 10. The van der Waals surface area contributed by atoms with E-state index >= 15 is 0 Å². The van der Waals surface area contributed by atoms with Crippen molar-refractivity contribution in [3.05, 3.63) is 58.5 Å². The zero-order valence-corrected chi connectivity index (χ0v) is 23.2. The van der Waals surface area contributed by atoms with Crippen LogP contribution in [-0.4, -0.2) is 65.6 Å². The van der Waals surface area contributed by atoms with Crippen molar-refractivity contribution in [3.63, 3.8) is 0 Å². The molecular formula is C29H33N3O6S. The molecule has 0 spiro atoms. The van der Waals surface area contributed by atoms with E-state index in [1.807, 2.05) is 31.2 Å². The van der Waals surface area contributed by atoms with E-state index in [1.54, 1.807) is 29.2 Å². The number of hydrogen-bond acceptors (Lipinski definition) is 7. The lowest BCUT2D eigenvalue weighted by Gasteiger charge is -2.18. The highest BCUT2D eigenvalue weighted by atomic mass is 32.2. The van der Waals surface area contributed by atoms with Gasteiger partial charge in [-0.25, -0.2) is 0 Å². The quantitative estimate of drug-likeness (QED) is 0.420. The fourth-order valence-corrected chi connectivity index (χ4v) is 5.27. The van der Waals surface area contributed by atoms with Gasteiger partial charge in [0.25, 0.3) is 17.1 Å². The van der Waals surface area contributed by atoms with Crippen LogP contribution in [0.25, 0.3) is 6.08 Å². The van der Waals surface area contributed by atoms with Gasteiger partial charge in [-0.3, -0.25) is 24.1 Å². The summed E-state index contributed by atoms with van der Waals surface area (Å²) in [6.07, 6.45) is 3.46. The van der Waals surface area contributed by atoms with E-state index in [0.29, 0.717) is 36.8 Å². The Bertz CT molecular complexity index is 1290. The lowest BCUT2D eigenvalue weighted by molar-refractivity contribution is -0.135. The number of carbonyl (C=O) groups is 4. The van der Waals surface area contributed by atoms with Crippen LogP contribution in [0.4, 0.5) is 10.5 Å². The van der Waals surface area contributed by atoms with Crippen molar-refractivity contribution in [2.75, 3.05) is 38.2 Å². The van der Waals surface area contributed by atoms with Crippen molar-refractivity contribution in [2.45, 2.75) is 39.5 Å². The van der Waals surface area contributed by atoms with Gasteiger partial charge in [0.15, 0.2) is 18.1 Å². The molecule has 2 aliphatic heterocycles. The fourth-order valence-electron chi connectivity index (χ4n) is 4.44. The monoisotopic (exact) mass is 551 g/mol. The highest BCUT2D eigenvalue weighted by Crippen LogP contribution is 2.35. The van der Waals surface area contributed by atoms with Gasteiger partial charge in [-0.05, 0) is 72.8 Å². The SMILES string of the molecule is CCOc1cc(/C=C2/SC(=O)N(CC(=O)N3CCCC3)C2=O)ccc1OCC(=O)Nc1ccccc1C(C)C. The van der Waals surface area contributed by atoms with Crippen LogP contribution in [0.2, 0.25) is 0 Å². The molecule has 0 radical (unpaired) electrons. The third kappa shape index (κ3) is 7.00. The van der Waals surface area contributed by atoms with Gasteiger partial charge in [-0.1, -0.05) is 38.1 Å². The number of carbonyl (C=O) groups excluding carboxylic acids is 4. The Kier molecular flexibility index (Phi) is 9.29. The molecule has 39 heavy (non-hydrogen) atoms. The number of para-hydroxylation sites is 1. The molecule has 1 N–H and O–H groups in total. The smallest absolute Gasteiger partial charge is 0.294 e. The number of ether oxygens (including phenoxy) is 2. The van der Waals surface area contributed by atoms with Crippen LogP contribution < -0.4 is 14.8 Å². The molecular weight excluding hydrogens is 518 g/mol. The van der Waals surface area contributed by atoms with Crippen molar-refractivity contribution in [3.8, 4) is 11.5 Å². The van der Waals surface area contributed by atoms with Crippen LogP contribution in [0.3, 0.4) is 0 Å². The number of nitrogens with zero attached hydrogens (tertiary/aromatic N) is 2. The lowest BCUT2D eigenvalue weighted by Crippen LogP contribution is -2.40. The van der Waals surface area contributed by atoms with Crippen LogP contribution in [-0.2, 0) is 14.4 Å².